The van der Waals surface area contributed by atoms with Crippen LogP contribution in [0.2, 0.25) is 0 Å². The molecular weight excluding hydrogens is 411 g/mol. The number of nitrogens with zero attached hydrogens (tertiary/aromatic N) is 3. The minimum absolute atomic E-state index is 0.232. The van der Waals surface area contributed by atoms with Gasteiger partial charge in [0.2, 0.25) is 0 Å². The minimum atomic E-state index is -5.08. The van der Waals surface area contributed by atoms with Crippen molar-refractivity contribution in [3.63, 3.8) is 0 Å². The number of hydrogen-bond acceptors (Lipinski definition) is 5. The first-order chi connectivity index (χ1) is 14.7. The third kappa shape index (κ3) is 5.97. The van der Waals surface area contributed by atoms with E-state index in [0.29, 0.717) is 0 Å². The van der Waals surface area contributed by atoms with Gasteiger partial charge in [-0.15, -0.1) is 0 Å². The van der Waals surface area contributed by atoms with Gasteiger partial charge >= 0.3 is 12.1 Å². The van der Waals surface area contributed by atoms with Crippen LogP contribution in [-0.2, 0) is 17.9 Å². The summed E-state index contributed by atoms with van der Waals surface area (Å²) in [6.07, 6.45) is -0.260. The number of anilines is 2. The number of carboxylic acids is 1. The minimum Gasteiger partial charge on any atom is -0.475 e. The number of benzene rings is 1. The summed E-state index contributed by atoms with van der Waals surface area (Å²) >= 11 is 0. The standard InChI is InChI=1S/C19H21N5.C2HF3O2/c1-14-12-22-19-17(8-10-24(14)19)23-18-11-16(7-9-20-18)21-13-15-5-3-2-4-6-15;3-2(4,5)1(6)7/h2-7,9,11-12,17H,8,10,13H2,1H3,(H2,20,21,23);(H,6,7). The second kappa shape index (κ2) is 9.50. The van der Waals surface area contributed by atoms with Crippen LogP contribution in [0.4, 0.5) is 24.7 Å². The van der Waals surface area contributed by atoms with Gasteiger partial charge in [0.25, 0.3) is 0 Å². The van der Waals surface area contributed by atoms with Gasteiger partial charge < -0.3 is 20.3 Å². The quantitative estimate of drug-likeness (QED) is 0.553. The summed E-state index contributed by atoms with van der Waals surface area (Å²) in [7, 11) is 0. The van der Waals surface area contributed by atoms with E-state index in [1.165, 1.54) is 11.3 Å². The number of pyridine rings is 1. The van der Waals surface area contributed by atoms with E-state index in [2.05, 4.69) is 62.4 Å². The number of aromatic nitrogens is 3. The average Bonchev–Trinajstić information content (AvgIpc) is 3.31. The van der Waals surface area contributed by atoms with Gasteiger partial charge in [0.15, 0.2) is 0 Å². The predicted octanol–water partition coefficient (Wildman–Crippen LogP) is 4.39. The van der Waals surface area contributed by atoms with E-state index in [9.17, 15) is 13.2 Å². The molecule has 3 N–H and O–H groups in total. The number of aliphatic carboxylic acids is 1. The monoisotopic (exact) mass is 433 g/mol. The lowest BCUT2D eigenvalue weighted by Crippen LogP contribution is -2.21. The van der Waals surface area contributed by atoms with Crippen LogP contribution in [0.15, 0.2) is 54.9 Å². The number of imidazole rings is 1. The van der Waals surface area contributed by atoms with Crippen molar-refractivity contribution < 1.29 is 23.1 Å². The molecule has 1 aliphatic rings. The summed E-state index contributed by atoms with van der Waals surface area (Å²) in [5.41, 5.74) is 3.55. The molecule has 0 saturated carbocycles. The number of fused-ring (bicyclic) bond motifs is 1. The summed E-state index contributed by atoms with van der Waals surface area (Å²) in [6.45, 7) is 3.92. The van der Waals surface area contributed by atoms with Crippen molar-refractivity contribution >= 4 is 17.5 Å². The van der Waals surface area contributed by atoms with Crippen LogP contribution < -0.4 is 10.6 Å². The molecule has 1 unspecified atom stereocenters. The maximum atomic E-state index is 10.6. The Morgan fingerprint density at radius 3 is 2.61 bits per heavy atom. The summed E-state index contributed by atoms with van der Waals surface area (Å²) in [5.74, 6) is -0.767. The van der Waals surface area contributed by atoms with Crippen LogP contribution in [0.5, 0.6) is 0 Å². The van der Waals surface area contributed by atoms with Gasteiger partial charge in [-0.3, -0.25) is 0 Å². The molecule has 0 bridgehead atoms. The van der Waals surface area contributed by atoms with Gasteiger partial charge in [-0.25, -0.2) is 14.8 Å². The average molecular weight is 433 g/mol. The molecule has 0 aliphatic carbocycles. The Labute approximate surface area is 177 Å². The third-order valence-electron chi connectivity index (χ3n) is 4.70. The number of carboxylic acid groups (broad SMARTS) is 1. The van der Waals surface area contributed by atoms with Gasteiger partial charge in [0, 0.05) is 42.9 Å². The first kappa shape index (κ1) is 22.1. The van der Waals surface area contributed by atoms with Crippen molar-refractivity contribution in [2.75, 3.05) is 10.6 Å². The molecule has 0 amide bonds. The number of carbonyl (C=O) groups is 1. The smallest absolute Gasteiger partial charge is 0.475 e. The van der Waals surface area contributed by atoms with E-state index in [1.54, 1.807) is 0 Å². The topological polar surface area (TPSA) is 92.1 Å². The lowest BCUT2D eigenvalue weighted by Gasteiger charge is -2.13. The van der Waals surface area contributed by atoms with Crippen molar-refractivity contribution in [1.82, 2.24) is 14.5 Å². The molecule has 1 aliphatic heterocycles. The molecule has 10 heteroatoms. The highest BCUT2D eigenvalue weighted by Gasteiger charge is 2.38. The number of aryl methyl sites for hydroxylation is 1. The molecule has 0 radical (unpaired) electrons. The van der Waals surface area contributed by atoms with Crippen LogP contribution in [0, 0.1) is 6.92 Å². The Bertz CT molecular complexity index is 1020. The normalized spacial score (nSPS) is 14.9. The second-order valence-electron chi connectivity index (χ2n) is 6.97. The first-order valence-corrected chi connectivity index (χ1v) is 9.56. The van der Waals surface area contributed by atoms with Crippen molar-refractivity contribution in [3.8, 4) is 0 Å². The lowest BCUT2D eigenvalue weighted by atomic mass is 10.2. The SMILES string of the molecule is Cc1cnc2n1CCC2Nc1cc(NCc2ccccc2)ccn1.O=C(O)C(F)(F)F. The van der Waals surface area contributed by atoms with Gasteiger partial charge in [0.05, 0.1) is 6.04 Å². The second-order valence-corrected chi connectivity index (χ2v) is 6.97. The molecule has 2 aromatic heterocycles. The predicted molar refractivity (Wildman–Crippen MR) is 110 cm³/mol. The van der Waals surface area contributed by atoms with E-state index in [4.69, 9.17) is 9.90 Å². The molecule has 31 heavy (non-hydrogen) atoms. The molecule has 1 atom stereocenters. The van der Waals surface area contributed by atoms with Crippen molar-refractivity contribution in [2.45, 2.75) is 38.7 Å². The zero-order valence-electron chi connectivity index (χ0n) is 16.7. The number of nitrogens with one attached hydrogen (secondary N) is 2. The molecule has 164 valence electrons. The Morgan fingerprint density at radius 2 is 1.94 bits per heavy atom. The molecule has 1 aromatic carbocycles. The maximum Gasteiger partial charge on any atom is 0.490 e. The highest BCUT2D eigenvalue weighted by Crippen LogP contribution is 2.29. The van der Waals surface area contributed by atoms with E-state index in [-0.39, 0.29) is 6.04 Å². The van der Waals surface area contributed by atoms with Gasteiger partial charge in [0.1, 0.15) is 11.6 Å². The molecule has 0 fully saturated rings. The lowest BCUT2D eigenvalue weighted by molar-refractivity contribution is -0.192. The fourth-order valence-electron chi connectivity index (χ4n) is 3.17. The zero-order valence-corrected chi connectivity index (χ0v) is 16.7. The Balaban J connectivity index is 0.000000339. The molecule has 3 heterocycles. The molecule has 7 nitrogen and oxygen atoms in total. The van der Waals surface area contributed by atoms with E-state index < -0.39 is 12.1 Å². The van der Waals surface area contributed by atoms with Gasteiger partial charge in [-0.1, -0.05) is 30.3 Å². The van der Waals surface area contributed by atoms with Gasteiger partial charge in [-0.05, 0) is 25.0 Å². The number of hydrogen-bond donors (Lipinski definition) is 3. The summed E-state index contributed by atoms with van der Waals surface area (Å²) in [5, 5.41) is 14.1. The van der Waals surface area contributed by atoms with Crippen LogP contribution >= 0.6 is 0 Å². The third-order valence-corrected chi connectivity index (χ3v) is 4.70. The van der Waals surface area contributed by atoms with Gasteiger partial charge in [-0.2, -0.15) is 13.2 Å². The Hall–Kier alpha value is -3.56. The summed E-state index contributed by atoms with van der Waals surface area (Å²) < 4.78 is 34.0. The molecule has 4 rings (SSSR count). The van der Waals surface area contributed by atoms with Crippen molar-refractivity contribution in [2.24, 2.45) is 0 Å². The van der Waals surface area contributed by atoms with Crippen molar-refractivity contribution in [3.05, 3.63) is 71.9 Å². The van der Waals surface area contributed by atoms with E-state index in [1.807, 2.05) is 24.5 Å². The summed E-state index contributed by atoms with van der Waals surface area (Å²) in [6, 6.07) is 14.7. The van der Waals surface area contributed by atoms with Crippen LogP contribution in [-0.4, -0.2) is 31.8 Å². The first-order valence-electron chi connectivity index (χ1n) is 9.56. The molecule has 0 spiro atoms. The fraction of sp³-hybridized carbons (Fsp3) is 0.286. The van der Waals surface area contributed by atoms with Crippen LogP contribution in [0.1, 0.15) is 29.5 Å². The van der Waals surface area contributed by atoms with E-state index >= 15 is 0 Å². The Kier molecular flexibility index (Phi) is 6.78. The number of alkyl halides is 3. The summed E-state index contributed by atoms with van der Waals surface area (Å²) in [4.78, 5) is 17.9. The maximum absolute atomic E-state index is 10.6. The van der Waals surface area contributed by atoms with Crippen LogP contribution in [0.3, 0.4) is 0 Å². The number of rotatable bonds is 5. The van der Waals surface area contributed by atoms with Crippen LogP contribution in [0.25, 0.3) is 0 Å². The van der Waals surface area contributed by atoms with Crippen molar-refractivity contribution in [1.29, 1.82) is 0 Å². The highest BCUT2D eigenvalue weighted by atomic mass is 19.4. The molecule has 3 aromatic rings. The molecular formula is C21H22F3N5O2. The largest absolute Gasteiger partial charge is 0.490 e. The van der Waals surface area contributed by atoms with E-state index in [0.717, 1.165) is 36.8 Å². The fourth-order valence-corrected chi connectivity index (χ4v) is 3.17. The molecule has 0 saturated heterocycles. The Morgan fingerprint density at radius 1 is 1.23 bits per heavy atom. The zero-order chi connectivity index (χ0) is 22.4. The number of halogens is 3. The highest BCUT2D eigenvalue weighted by molar-refractivity contribution is 5.73.